The molecule has 0 aliphatic carbocycles. The summed E-state index contributed by atoms with van der Waals surface area (Å²) in [6.45, 7) is 1.87. The number of hydrogen-bond donors (Lipinski definition) is 0. The Hall–Kier alpha value is -1.45. The third-order valence-electron chi connectivity index (χ3n) is 1.80. The molecule has 0 spiro atoms. The van der Waals surface area contributed by atoms with E-state index in [2.05, 4.69) is 9.97 Å². The Morgan fingerprint density at radius 1 is 1.33 bits per heavy atom. The van der Waals surface area contributed by atoms with Crippen LogP contribution in [0.15, 0.2) is 12.1 Å². The van der Waals surface area contributed by atoms with Crippen LogP contribution in [0.2, 0.25) is 0 Å². The van der Waals surface area contributed by atoms with E-state index < -0.39 is 6.08 Å². The van der Waals surface area contributed by atoms with Crippen LogP contribution in [0, 0.1) is 13.0 Å². The van der Waals surface area contributed by atoms with Gasteiger partial charge in [-0.25, -0.2) is 9.97 Å². The van der Waals surface area contributed by atoms with E-state index in [9.17, 15) is 4.39 Å². The molecule has 0 saturated heterocycles. The molecule has 0 fully saturated rings. The van der Waals surface area contributed by atoms with Gasteiger partial charge in [0.2, 0.25) is 0 Å². The molecule has 3 nitrogen and oxygen atoms in total. The number of halogens is 1. The molecule has 0 saturated carbocycles. The highest BCUT2D eigenvalue weighted by Crippen LogP contribution is 2.11. The number of nitrogens with zero attached hydrogens (tertiary/aromatic N) is 3. The molecule has 12 heavy (non-hydrogen) atoms. The summed E-state index contributed by atoms with van der Waals surface area (Å²) in [4.78, 5) is 7.84. The van der Waals surface area contributed by atoms with Crippen LogP contribution in [-0.4, -0.2) is 14.5 Å². The Morgan fingerprint density at radius 2 is 2.08 bits per heavy atom. The molecule has 0 aromatic carbocycles. The van der Waals surface area contributed by atoms with E-state index in [1.54, 1.807) is 13.1 Å². The average Bonchev–Trinajstić information content (AvgIpc) is 2.31. The summed E-state index contributed by atoms with van der Waals surface area (Å²) in [5.41, 5.74) is 2.05. The fourth-order valence-corrected chi connectivity index (χ4v) is 1.13. The van der Waals surface area contributed by atoms with Gasteiger partial charge in [0.1, 0.15) is 5.52 Å². The number of fused-ring (bicyclic) bond motifs is 1. The second-order valence-electron chi connectivity index (χ2n) is 2.74. The molecule has 0 aliphatic rings. The number of imidazole rings is 1. The fraction of sp³-hybridized carbons (Fsp3) is 0.250. The van der Waals surface area contributed by atoms with E-state index in [4.69, 9.17) is 0 Å². The van der Waals surface area contributed by atoms with E-state index >= 15 is 0 Å². The first-order chi connectivity index (χ1) is 5.68. The quantitative estimate of drug-likeness (QED) is 0.591. The molecule has 0 N–H and O–H groups in total. The largest absolute Gasteiger partial charge is 0.291 e. The van der Waals surface area contributed by atoms with Crippen LogP contribution >= 0.6 is 0 Å². The van der Waals surface area contributed by atoms with Crippen molar-refractivity contribution in [3.8, 4) is 0 Å². The minimum absolute atomic E-state index is 0.497. The lowest BCUT2D eigenvalue weighted by Gasteiger charge is -1.93. The van der Waals surface area contributed by atoms with Gasteiger partial charge in [-0.2, -0.15) is 4.39 Å². The van der Waals surface area contributed by atoms with Crippen molar-refractivity contribution >= 4 is 11.2 Å². The molecule has 4 heteroatoms. The number of aryl methyl sites for hydroxylation is 2. The van der Waals surface area contributed by atoms with Crippen molar-refractivity contribution < 1.29 is 4.39 Å². The van der Waals surface area contributed by atoms with Crippen molar-refractivity contribution in [1.29, 1.82) is 0 Å². The van der Waals surface area contributed by atoms with Gasteiger partial charge < -0.3 is 0 Å². The van der Waals surface area contributed by atoms with Crippen LogP contribution < -0.4 is 0 Å². The summed E-state index contributed by atoms with van der Waals surface area (Å²) in [6.07, 6.45) is -0.497. The normalized spacial score (nSPS) is 10.9. The molecule has 2 aromatic rings. The molecular weight excluding hydrogens is 157 g/mol. The van der Waals surface area contributed by atoms with Crippen LogP contribution in [0.5, 0.6) is 0 Å². The summed E-state index contributed by atoms with van der Waals surface area (Å²) in [7, 11) is 1.61. The van der Waals surface area contributed by atoms with Crippen LogP contribution in [-0.2, 0) is 7.05 Å². The third-order valence-corrected chi connectivity index (χ3v) is 1.80. The van der Waals surface area contributed by atoms with Crippen molar-refractivity contribution in [3.63, 3.8) is 0 Å². The topological polar surface area (TPSA) is 30.7 Å². The lowest BCUT2D eigenvalue weighted by atomic mass is 10.3. The molecule has 2 rings (SSSR count). The number of pyridine rings is 1. The Kier molecular flexibility index (Phi) is 1.36. The predicted octanol–water partition coefficient (Wildman–Crippen LogP) is 1.42. The number of rotatable bonds is 0. The van der Waals surface area contributed by atoms with Crippen LogP contribution in [0.1, 0.15) is 5.69 Å². The Morgan fingerprint density at radius 3 is 2.83 bits per heavy atom. The minimum atomic E-state index is -0.497. The van der Waals surface area contributed by atoms with Gasteiger partial charge in [0.25, 0.3) is 6.08 Å². The average molecular weight is 165 g/mol. The third kappa shape index (κ3) is 0.879. The number of hydrogen-bond acceptors (Lipinski definition) is 2. The molecule has 0 aliphatic heterocycles. The molecule has 0 bridgehead atoms. The first-order valence-electron chi connectivity index (χ1n) is 3.64. The van der Waals surface area contributed by atoms with Crippen molar-refractivity contribution in [2.75, 3.05) is 0 Å². The second-order valence-corrected chi connectivity index (χ2v) is 2.74. The van der Waals surface area contributed by atoms with Crippen molar-refractivity contribution in [3.05, 3.63) is 23.9 Å². The molecule has 2 heterocycles. The second kappa shape index (κ2) is 2.27. The van der Waals surface area contributed by atoms with E-state index in [1.165, 1.54) is 4.57 Å². The van der Waals surface area contributed by atoms with Gasteiger partial charge in [0, 0.05) is 12.7 Å². The molecule has 0 unspecified atom stereocenters. The maximum atomic E-state index is 12.9. The first-order valence-corrected chi connectivity index (χ1v) is 3.64. The fourth-order valence-electron chi connectivity index (χ4n) is 1.13. The molecular formula is C8H8FN3. The van der Waals surface area contributed by atoms with Gasteiger partial charge in [-0.05, 0) is 19.1 Å². The lowest BCUT2D eigenvalue weighted by molar-refractivity contribution is 0.506. The molecule has 0 amide bonds. The predicted molar refractivity (Wildman–Crippen MR) is 43.2 cm³/mol. The van der Waals surface area contributed by atoms with Crippen LogP contribution in [0.25, 0.3) is 11.2 Å². The highest BCUT2D eigenvalue weighted by Gasteiger charge is 2.06. The van der Waals surface area contributed by atoms with Crippen molar-refractivity contribution in [2.45, 2.75) is 6.92 Å². The molecule has 0 radical (unpaired) electrons. The Labute approximate surface area is 68.9 Å². The molecule has 2 aromatic heterocycles. The Balaban J connectivity index is 2.88. The first kappa shape index (κ1) is 7.21. The molecule has 0 atom stereocenters. The zero-order chi connectivity index (χ0) is 8.72. The standard InChI is InChI=1S/C8H8FN3/c1-5-3-4-6-7(10-5)12(2)8(9)11-6/h3-4H,1-2H3. The minimum Gasteiger partial charge on any atom is -0.288 e. The molecule has 62 valence electrons. The van der Waals surface area contributed by atoms with E-state index in [-0.39, 0.29) is 0 Å². The van der Waals surface area contributed by atoms with Crippen LogP contribution in [0.4, 0.5) is 4.39 Å². The zero-order valence-electron chi connectivity index (χ0n) is 6.87. The zero-order valence-corrected chi connectivity index (χ0v) is 6.87. The van der Waals surface area contributed by atoms with E-state index in [0.717, 1.165) is 5.69 Å². The Bertz CT molecular complexity index is 433. The highest BCUT2D eigenvalue weighted by atomic mass is 19.1. The monoisotopic (exact) mass is 165 g/mol. The van der Waals surface area contributed by atoms with Gasteiger partial charge in [-0.15, -0.1) is 0 Å². The number of aromatic nitrogens is 3. The highest BCUT2D eigenvalue weighted by molar-refractivity contribution is 5.70. The SMILES string of the molecule is Cc1ccc2nc(F)n(C)c2n1. The summed E-state index contributed by atoms with van der Waals surface area (Å²) in [5.74, 6) is 0. The van der Waals surface area contributed by atoms with Gasteiger partial charge >= 0.3 is 0 Å². The smallest absolute Gasteiger partial charge is 0.288 e. The van der Waals surface area contributed by atoms with Crippen LogP contribution in [0.3, 0.4) is 0 Å². The van der Waals surface area contributed by atoms with Gasteiger partial charge in [0.05, 0.1) is 0 Å². The summed E-state index contributed by atoms with van der Waals surface area (Å²) in [6, 6.07) is 3.58. The summed E-state index contributed by atoms with van der Waals surface area (Å²) < 4.78 is 14.2. The van der Waals surface area contributed by atoms with Crippen molar-refractivity contribution in [1.82, 2.24) is 14.5 Å². The van der Waals surface area contributed by atoms with Gasteiger partial charge in [-0.3, -0.25) is 4.57 Å². The maximum absolute atomic E-state index is 12.9. The summed E-state index contributed by atoms with van der Waals surface area (Å²) >= 11 is 0. The van der Waals surface area contributed by atoms with Crippen molar-refractivity contribution in [2.24, 2.45) is 7.05 Å². The maximum Gasteiger partial charge on any atom is 0.291 e. The lowest BCUT2D eigenvalue weighted by Crippen LogP contribution is -1.93. The van der Waals surface area contributed by atoms with Gasteiger partial charge in [0.15, 0.2) is 5.65 Å². The van der Waals surface area contributed by atoms with Gasteiger partial charge in [-0.1, -0.05) is 0 Å². The van der Waals surface area contributed by atoms with E-state index in [0.29, 0.717) is 11.2 Å². The van der Waals surface area contributed by atoms with E-state index in [1.807, 2.05) is 13.0 Å². The summed E-state index contributed by atoms with van der Waals surface area (Å²) in [5, 5.41) is 0.